The quantitative estimate of drug-likeness (QED) is 0.903. The summed E-state index contributed by atoms with van der Waals surface area (Å²) >= 11 is 0. The molecule has 24 heavy (non-hydrogen) atoms. The summed E-state index contributed by atoms with van der Waals surface area (Å²) in [5.41, 5.74) is 3.74. The van der Waals surface area contributed by atoms with E-state index in [1.807, 2.05) is 6.07 Å². The SMILES string of the molecule is COc1ccc2[nH]c3c(c2c1)CC(C(=O)NC1CCCCC1)CC3. The molecule has 2 aliphatic rings. The van der Waals surface area contributed by atoms with Crippen molar-refractivity contribution in [3.8, 4) is 5.75 Å². The van der Waals surface area contributed by atoms with Crippen LogP contribution in [-0.2, 0) is 17.6 Å². The van der Waals surface area contributed by atoms with Crippen LogP contribution in [0.1, 0.15) is 49.8 Å². The molecule has 0 radical (unpaired) electrons. The minimum absolute atomic E-state index is 0.102. The number of hydrogen-bond donors (Lipinski definition) is 2. The molecule has 4 heteroatoms. The third-order valence-electron chi connectivity index (χ3n) is 5.72. The monoisotopic (exact) mass is 326 g/mol. The standard InChI is InChI=1S/C20H26N2O2/c1-24-15-8-10-19-17(12-15)16-11-13(7-9-18(16)22-19)20(23)21-14-5-3-2-4-6-14/h8,10,12-14,22H,2-7,9,11H2,1H3,(H,21,23). The van der Waals surface area contributed by atoms with Crippen molar-refractivity contribution in [3.05, 3.63) is 29.5 Å². The number of nitrogens with one attached hydrogen (secondary N) is 2. The van der Waals surface area contributed by atoms with Crippen LogP contribution in [0.4, 0.5) is 0 Å². The van der Waals surface area contributed by atoms with Crippen LogP contribution in [0.5, 0.6) is 5.75 Å². The Kier molecular flexibility index (Phi) is 4.21. The largest absolute Gasteiger partial charge is 0.497 e. The third kappa shape index (κ3) is 2.90. The molecule has 1 heterocycles. The lowest BCUT2D eigenvalue weighted by atomic mass is 9.85. The molecule has 1 unspecified atom stereocenters. The molecule has 1 aromatic heterocycles. The Balaban J connectivity index is 1.52. The van der Waals surface area contributed by atoms with Crippen molar-refractivity contribution in [1.29, 1.82) is 0 Å². The van der Waals surface area contributed by atoms with Crippen molar-refractivity contribution < 1.29 is 9.53 Å². The molecule has 1 atom stereocenters. The van der Waals surface area contributed by atoms with Crippen molar-refractivity contribution in [1.82, 2.24) is 10.3 Å². The zero-order valence-corrected chi connectivity index (χ0v) is 14.4. The molecule has 0 saturated heterocycles. The van der Waals surface area contributed by atoms with Gasteiger partial charge in [-0.15, -0.1) is 0 Å². The van der Waals surface area contributed by atoms with Crippen LogP contribution in [0.15, 0.2) is 18.2 Å². The maximum Gasteiger partial charge on any atom is 0.223 e. The van der Waals surface area contributed by atoms with Gasteiger partial charge >= 0.3 is 0 Å². The van der Waals surface area contributed by atoms with E-state index in [0.29, 0.717) is 6.04 Å². The molecule has 0 spiro atoms. The number of aromatic nitrogens is 1. The van der Waals surface area contributed by atoms with Crippen molar-refractivity contribution in [2.45, 2.75) is 57.4 Å². The first-order valence-electron chi connectivity index (χ1n) is 9.22. The molecule has 0 bridgehead atoms. The Labute approximate surface area is 143 Å². The van der Waals surface area contributed by atoms with Crippen LogP contribution in [0.25, 0.3) is 10.9 Å². The van der Waals surface area contributed by atoms with E-state index in [0.717, 1.165) is 43.4 Å². The van der Waals surface area contributed by atoms with Gasteiger partial charge in [0.1, 0.15) is 5.75 Å². The highest BCUT2D eigenvalue weighted by molar-refractivity contribution is 5.88. The number of rotatable bonds is 3. The molecule has 2 aromatic rings. The van der Waals surface area contributed by atoms with Gasteiger partial charge < -0.3 is 15.0 Å². The zero-order valence-electron chi connectivity index (χ0n) is 14.4. The third-order valence-corrected chi connectivity index (χ3v) is 5.72. The molecule has 1 aromatic carbocycles. The molecule has 4 rings (SSSR count). The second-order valence-corrected chi connectivity index (χ2v) is 7.28. The molecule has 1 amide bonds. The summed E-state index contributed by atoms with van der Waals surface area (Å²) in [5.74, 6) is 1.23. The van der Waals surface area contributed by atoms with E-state index in [1.54, 1.807) is 7.11 Å². The second-order valence-electron chi connectivity index (χ2n) is 7.28. The van der Waals surface area contributed by atoms with Gasteiger partial charge in [-0.2, -0.15) is 0 Å². The van der Waals surface area contributed by atoms with E-state index < -0.39 is 0 Å². The van der Waals surface area contributed by atoms with E-state index in [-0.39, 0.29) is 11.8 Å². The molecule has 2 N–H and O–H groups in total. The minimum atomic E-state index is 0.102. The highest BCUT2D eigenvalue weighted by atomic mass is 16.5. The summed E-state index contributed by atoms with van der Waals surface area (Å²) in [6, 6.07) is 6.54. The maximum absolute atomic E-state index is 12.7. The summed E-state index contributed by atoms with van der Waals surface area (Å²) in [7, 11) is 1.70. The summed E-state index contributed by atoms with van der Waals surface area (Å²) in [5, 5.41) is 4.52. The second kappa shape index (κ2) is 6.50. The molecule has 4 nitrogen and oxygen atoms in total. The van der Waals surface area contributed by atoms with Crippen molar-refractivity contribution in [2.24, 2.45) is 5.92 Å². The predicted octanol–water partition coefficient (Wildman–Crippen LogP) is 3.73. The van der Waals surface area contributed by atoms with Gasteiger partial charge in [-0.3, -0.25) is 4.79 Å². The minimum Gasteiger partial charge on any atom is -0.497 e. The molecule has 2 aliphatic carbocycles. The van der Waals surface area contributed by atoms with Crippen molar-refractivity contribution in [2.75, 3.05) is 7.11 Å². The number of methoxy groups -OCH3 is 1. The zero-order chi connectivity index (χ0) is 16.5. The van der Waals surface area contributed by atoms with Crippen molar-refractivity contribution in [3.63, 3.8) is 0 Å². The Hall–Kier alpha value is -1.97. The average molecular weight is 326 g/mol. The number of amides is 1. The van der Waals surface area contributed by atoms with Gasteiger partial charge in [0.25, 0.3) is 0 Å². The number of benzene rings is 1. The van der Waals surface area contributed by atoms with Crippen LogP contribution >= 0.6 is 0 Å². The molecular weight excluding hydrogens is 300 g/mol. The van der Waals surface area contributed by atoms with E-state index in [9.17, 15) is 4.79 Å². The normalized spacial score (nSPS) is 21.5. The predicted molar refractivity (Wildman–Crippen MR) is 95.4 cm³/mol. The first kappa shape index (κ1) is 15.6. The fourth-order valence-electron chi connectivity index (χ4n) is 4.31. The fraction of sp³-hybridized carbons (Fsp3) is 0.550. The van der Waals surface area contributed by atoms with Gasteiger partial charge in [-0.25, -0.2) is 0 Å². The molecular formula is C20H26N2O2. The Morgan fingerprint density at radius 3 is 2.83 bits per heavy atom. The summed E-state index contributed by atoms with van der Waals surface area (Å²) in [4.78, 5) is 16.2. The van der Waals surface area contributed by atoms with Gasteiger partial charge in [0.2, 0.25) is 5.91 Å². The van der Waals surface area contributed by atoms with Crippen LogP contribution in [0.3, 0.4) is 0 Å². The molecule has 128 valence electrons. The van der Waals surface area contributed by atoms with E-state index in [1.165, 1.54) is 35.9 Å². The first-order chi connectivity index (χ1) is 11.7. The number of hydrogen-bond acceptors (Lipinski definition) is 2. The Morgan fingerprint density at radius 2 is 2.04 bits per heavy atom. The molecule has 1 fully saturated rings. The van der Waals surface area contributed by atoms with Crippen LogP contribution < -0.4 is 10.1 Å². The number of carbonyl (C=O) groups is 1. The number of fused-ring (bicyclic) bond motifs is 3. The van der Waals surface area contributed by atoms with E-state index in [4.69, 9.17) is 4.74 Å². The summed E-state index contributed by atoms with van der Waals surface area (Å²) in [6.07, 6.45) is 8.84. The number of ether oxygens (including phenoxy) is 1. The summed E-state index contributed by atoms with van der Waals surface area (Å²) in [6.45, 7) is 0. The van der Waals surface area contributed by atoms with Gasteiger partial charge in [0.15, 0.2) is 0 Å². The lowest BCUT2D eigenvalue weighted by molar-refractivity contribution is -0.126. The fourth-order valence-corrected chi connectivity index (χ4v) is 4.31. The maximum atomic E-state index is 12.7. The van der Waals surface area contributed by atoms with Gasteiger partial charge in [0, 0.05) is 28.6 Å². The Morgan fingerprint density at radius 1 is 1.21 bits per heavy atom. The lowest BCUT2D eigenvalue weighted by Crippen LogP contribution is -2.41. The van der Waals surface area contributed by atoms with Gasteiger partial charge in [-0.1, -0.05) is 19.3 Å². The van der Waals surface area contributed by atoms with Crippen LogP contribution in [-0.4, -0.2) is 24.0 Å². The molecule has 0 aliphatic heterocycles. The number of H-pyrrole nitrogens is 1. The highest BCUT2D eigenvalue weighted by Crippen LogP contribution is 2.34. The topological polar surface area (TPSA) is 54.1 Å². The van der Waals surface area contributed by atoms with Crippen molar-refractivity contribution >= 4 is 16.8 Å². The lowest BCUT2D eigenvalue weighted by Gasteiger charge is -2.27. The number of aryl methyl sites for hydroxylation is 1. The van der Waals surface area contributed by atoms with E-state index >= 15 is 0 Å². The van der Waals surface area contributed by atoms with Crippen LogP contribution in [0.2, 0.25) is 0 Å². The Bertz CT molecular complexity index is 743. The van der Waals surface area contributed by atoms with Gasteiger partial charge in [-0.05, 0) is 55.9 Å². The molecule has 1 saturated carbocycles. The first-order valence-corrected chi connectivity index (χ1v) is 9.22. The van der Waals surface area contributed by atoms with Gasteiger partial charge in [0.05, 0.1) is 7.11 Å². The van der Waals surface area contributed by atoms with Crippen LogP contribution in [0, 0.1) is 5.92 Å². The van der Waals surface area contributed by atoms with E-state index in [2.05, 4.69) is 22.4 Å². The number of carbonyl (C=O) groups excluding carboxylic acids is 1. The average Bonchev–Trinajstić information content (AvgIpc) is 2.99. The highest BCUT2D eigenvalue weighted by Gasteiger charge is 2.29. The summed E-state index contributed by atoms with van der Waals surface area (Å²) < 4.78 is 5.36. The number of aromatic amines is 1. The smallest absolute Gasteiger partial charge is 0.223 e.